The van der Waals surface area contributed by atoms with E-state index in [0.29, 0.717) is 24.2 Å². The van der Waals surface area contributed by atoms with E-state index >= 15 is 0 Å². The minimum absolute atomic E-state index is 0.284. The number of ether oxygens (including phenoxy) is 2. The first-order valence-corrected chi connectivity index (χ1v) is 10.2. The second-order valence-corrected chi connectivity index (χ2v) is 8.00. The van der Waals surface area contributed by atoms with Crippen LogP contribution in [0.4, 0.5) is 13.2 Å². The molecule has 0 aliphatic carbocycles. The van der Waals surface area contributed by atoms with Gasteiger partial charge in [0.2, 0.25) is 0 Å². The molecule has 0 fully saturated rings. The van der Waals surface area contributed by atoms with Gasteiger partial charge in [0.1, 0.15) is 5.75 Å². The highest BCUT2D eigenvalue weighted by molar-refractivity contribution is 5.90. The fraction of sp³-hybridized carbons (Fsp3) is 0.458. The summed E-state index contributed by atoms with van der Waals surface area (Å²) in [5.74, 6) is -0.150. The Bertz CT molecular complexity index is 959. The van der Waals surface area contributed by atoms with Gasteiger partial charge in [-0.2, -0.15) is 13.2 Å². The summed E-state index contributed by atoms with van der Waals surface area (Å²) in [4.78, 5) is 11.7. The molecule has 0 aliphatic heterocycles. The van der Waals surface area contributed by atoms with Gasteiger partial charge in [-0.1, -0.05) is 38.6 Å². The topological polar surface area (TPSA) is 55.8 Å². The Morgan fingerprint density at radius 2 is 1.65 bits per heavy atom. The van der Waals surface area contributed by atoms with Crippen molar-refractivity contribution < 1.29 is 32.5 Å². The summed E-state index contributed by atoms with van der Waals surface area (Å²) in [6, 6.07) is 10.6. The van der Waals surface area contributed by atoms with Crippen molar-refractivity contribution >= 4 is 16.7 Å². The molecule has 0 heterocycles. The van der Waals surface area contributed by atoms with Crippen molar-refractivity contribution in [3.63, 3.8) is 0 Å². The Morgan fingerprint density at radius 3 is 2.16 bits per heavy atom. The number of fused-ring (bicyclic) bond motifs is 1. The molecule has 0 aromatic heterocycles. The number of carbonyl (C=O) groups excluding carboxylic acids is 1. The van der Waals surface area contributed by atoms with E-state index in [4.69, 9.17) is 9.47 Å². The standard InChI is InChI=1S/C24H29F3O4/c1-7-23(8-2,31-16(5)22(6,29)24(25,26)27)19-11-9-18-14-20(12-10-17(18)13-19)30-21(28)15(3)4/h9-14,16,29H,3,7-8H2,1-2,4-6H3. The monoisotopic (exact) mass is 438 g/mol. The summed E-state index contributed by atoms with van der Waals surface area (Å²) in [7, 11) is 0. The summed E-state index contributed by atoms with van der Waals surface area (Å²) in [5, 5.41) is 11.7. The van der Waals surface area contributed by atoms with E-state index in [9.17, 15) is 23.1 Å². The highest BCUT2D eigenvalue weighted by atomic mass is 19.4. The molecule has 2 rings (SSSR count). The Morgan fingerprint density at radius 1 is 1.10 bits per heavy atom. The van der Waals surface area contributed by atoms with Gasteiger partial charge in [-0.25, -0.2) is 4.79 Å². The minimum atomic E-state index is -4.82. The first kappa shape index (κ1) is 24.9. The second-order valence-electron chi connectivity index (χ2n) is 8.00. The molecule has 7 heteroatoms. The zero-order chi connectivity index (χ0) is 23.6. The van der Waals surface area contributed by atoms with Crippen LogP contribution in [0.1, 0.15) is 53.0 Å². The van der Waals surface area contributed by atoms with Crippen molar-refractivity contribution in [1.29, 1.82) is 0 Å². The maximum absolute atomic E-state index is 13.3. The highest BCUT2D eigenvalue weighted by Crippen LogP contribution is 2.41. The van der Waals surface area contributed by atoms with Gasteiger partial charge < -0.3 is 14.6 Å². The van der Waals surface area contributed by atoms with Crippen LogP contribution in [0.3, 0.4) is 0 Å². The van der Waals surface area contributed by atoms with E-state index in [2.05, 4.69) is 6.58 Å². The van der Waals surface area contributed by atoms with Crippen LogP contribution < -0.4 is 4.74 Å². The minimum Gasteiger partial charge on any atom is -0.423 e. The number of halogens is 3. The van der Waals surface area contributed by atoms with Gasteiger partial charge >= 0.3 is 12.1 Å². The van der Waals surface area contributed by atoms with Crippen LogP contribution in [0.15, 0.2) is 48.6 Å². The molecule has 1 N–H and O–H groups in total. The van der Waals surface area contributed by atoms with Crippen molar-refractivity contribution in [2.24, 2.45) is 0 Å². The highest BCUT2D eigenvalue weighted by Gasteiger charge is 2.55. The number of esters is 1. The molecule has 0 amide bonds. The van der Waals surface area contributed by atoms with E-state index in [1.165, 1.54) is 6.92 Å². The van der Waals surface area contributed by atoms with Gasteiger partial charge in [0.05, 0.1) is 11.7 Å². The van der Waals surface area contributed by atoms with E-state index in [1.807, 2.05) is 19.9 Å². The average molecular weight is 438 g/mol. The summed E-state index contributed by atoms with van der Waals surface area (Å²) in [6.45, 7) is 10.7. The lowest BCUT2D eigenvalue weighted by Crippen LogP contribution is -2.54. The van der Waals surface area contributed by atoms with Crippen molar-refractivity contribution in [2.75, 3.05) is 0 Å². The van der Waals surface area contributed by atoms with Crippen molar-refractivity contribution in [2.45, 2.75) is 70.9 Å². The zero-order valence-corrected chi connectivity index (χ0v) is 18.5. The third-order valence-corrected chi connectivity index (χ3v) is 5.81. The molecule has 170 valence electrons. The van der Waals surface area contributed by atoms with Gasteiger partial charge in [0, 0.05) is 5.57 Å². The molecule has 2 aromatic carbocycles. The molecular formula is C24H29F3O4. The van der Waals surface area contributed by atoms with Gasteiger partial charge in [0.25, 0.3) is 0 Å². The van der Waals surface area contributed by atoms with Crippen LogP contribution in [0.25, 0.3) is 10.8 Å². The third kappa shape index (κ3) is 5.10. The zero-order valence-electron chi connectivity index (χ0n) is 18.5. The van der Waals surface area contributed by atoms with Crippen molar-refractivity contribution in [3.05, 3.63) is 54.1 Å². The third-order valence-electron chi connectivity index (χ3n) is 5.81. The molecule has 2 unspecified atom stereocenters. The van der Waals surface area contributed by atoms with Crippen LogP contribution in [-0.2, 0) is 15.1 Å². The van der Waals surface area contributed by atoms with Gasteiger partial charge in [-0.15, -0.1) is 0 Å². The predicted molar refractivity (Wildman–Crippen MR) is 114 cm³/mol. The van der Waals surface area contributed by atoms with Gasteiger partial charge in [-0.3, -0.25) is 0 Å². The van der Waals surface area contributed by atoms with E-state index in [-0.39, 0.29) is 5.57 Å². The van der Waals surface area contributed by atoms with E-state index in [0.717, 1.165) is 17.7 Å². The molecule has 0 saturated heterocycles. The molecule has 4 nitrogen and oxygen atoms in total. The molecule has 0 aliphatic rings. The molecule has 0 radical (unpaired) electrons. The second kappa shape index (κ2) is 9.01. The average Bonchev–Trinajstić information content (AvgIpc) is 2.70. The Kier molecular flexibility index (Phi) is 7.23. The van der Waals surface area contributed by atoms with Crippen LogP contribution in [0, 0.1) is 0 Å². The molecule has 2 aromatic rings. The Hall–Kier alpha value is -2.38. The molecule has 0 bridgehead atoms. The predicted octanol–water partition coefficient (Wildman–Crippen LogP) is 6.06. The smallest absolute Gasteiger partial charge is 0.419 e. The van der Waals surface area contributed by atoms with Crippen LogP contribution in [0.2, 0.25) is 0 Å². The van der Waals surface area contributed by atoms with Gasteiger partial charge in [-0.05, 0) is 68.1 Å². The lowest BCUT2D eigenvalue weighted by atomic mass is 9.86. The summed E-state index contributed by atoms with van der Waals surface area (Å²) < 4.78 is 51.0. The summed E-state index contributed by atoms with van der Waals surface area (Å²) >= 11 is 0. The SMILES string of the molecule is C=C(C)C(=O)Oc1ccc2cc(C(CC)(CC)OC(C)C(C)(O)C(F)(F)F)ccc2c1. The number of hydrogen-bond acceptors (Lipinski definition) is 4. The first-order chi connectivity index (χ1) is 14.3. The molecule has 0 saturated carbocycles. The first-order valence-electron chi connectivity index (χ1n) is 10.2. The number of aliphatic hydroxyl groups is 1. The summed E-state index contributed by atoms with van der Waals surface area (Å²) in [5.41, 5.74) is -3.00. The molecular weight excluding hydrogens is 409 g/mol. The van der Waals surface area contributed by atoms with E-state index < -0.39 is 29.5 Å². The lowest BCUT2D eigenvalue weighted by molar-refractivity contribution is -0.301. The number of benzene rings is 2. The lowest BCUT2D eigenvalue weighted by Gasteiger charge is -2.41. The van der Waals surface area contributed by atoms with Crippen molar-refractivity contribution in [3.8, 4) is 5.75 Å². The molecule has 0 spiro atoms. The largest absolute Gasteiger partial charge is 0.423 e. The van der Waals surface area contributed by atoms with Crippen LogP contribution in [0.5, 0.6) is 5.75 Å². The molecule has 2 atom stereocenters. The maximum Gasteiger partial charge on any atom is 0.419 e. The Labute approximate surface area is 180 Å². The number of carbonyl (C=O) groups is 1. The Balaban J connectivity index is 2.41. The van der Waals surface area contributed by atoms with Gasteiger partial charge in [0.15, 0.2) is 5.60 Å². The molecule has 31 heavy (non-hydrogen) atoms. The maximum atomic E-state index is 13.3. The quantitative estimate of drug-likeness (QED) is 0.309. The normalized spacial score (nSPS) is 15.4. The van der Waals surface area contributed by atoms with Crippen LogP contribution in [-0.4, -0.2) is 29.0 Å². The summed E-state index contributed by atoms with van der Waals surface area (Å²) in [6.07, 6.45) is -5.46. The fourth-order valence-electron chi connectivity index (χ4n) is 3.34. The fourth-order valence-corrected chi connectivity index (χ4v) is 3.34. The number of hydrogen-bond donors (Lipinski definition) is 1. The number of rotatable bonds is 8. The number of alkyl halides is 3. The van der Waals surface area contributed by atoms with Crippen LogP contribution >= 0.6 is 0 Å². The van der Waals surface area contributed by atoms with Crippen molar-refractivity contribution in [1.82, 2.24) is 0 Å². The van der Waals surface area contributed by atoms with E-state index in [1.54, 1.807) is 37.3 Å².